The van der Waals surface area contributed by atoms with Crippen molar-refractivity contribution in [2.45, 2.75) is 6.54 Å². The maximum atomic E-state index is 11.3. The summed E-state index contributed by atoms with van der Waals surface area (Å²) in [5.74, 6) is 0.690. The van der Waals surface area contributed by atoms with E-state index < -0.39 is 0 Å². The third-order valence-electron chi connectivity index (χ3n) is 3.08. The summed E-state index contributed by atoms with van der Waals surface area (Å²) in [5, 5.41) is 2.80. The van der Waals surface area contributed by atoms with Crippen LogP contribution in [-0.2, 0) is 11.3 Å². The molecule has 0 aliphatic carbocycles. The molecule has 0 atom stereocenters. The summed E-state index contributed by atoms with van der Waals surface area (Å²) in [7, 11) is 0. The van der Waals surface area contributed by atoms with Crippen LogP contribution in [-0.4, -0.2) is 35.4 Å². The lowest BCUT2D eigenvalue weighted by molar-refractivity contribution is -0.124. The molecular weight excluding hydrogens is 242 g/mol. The number of aromatic nitrogens is 1. The number of nitrogens with one attached hydrogen (secondary N) is 1. The third kappa shape index (κ3) is 2.82. The Bertz CT molecular complexity index is 565. The fraction of sp³-hybridized carbons (Fsp3) is 0.286. The Hall–Kier alpha value is -2.14. The van der Waals surface area contributed by atoms with Gasteiger partial charge in [-0.15, -0.1) is 0 Å². The normalized spacial score (nSPS) is 16.3. The lowest BCUT2D eigenvalue weighted by atomic mass is 10.2. The van der Waals surface area contributed by atoms with Gasteiger partial charge in [0.15, 0.2) is 0 Å². The number of piperazine rings is 1. The number of carbonyl (C=O) groups excluding carboxylic acids is 1. The zero-order valence-corrected chi connectivity index (χ0v) is 10.5. The highest BCUT2D eigenvalue weighted by atomic mass is 16.3. The van der Waals surface area contributed by atoms with Gasteiger partial charge in [0.1, 0.15) is 6.26 Å². The maximum absolute atomic E-state index is 11.3. The SMILES string of the molecule is O=C1CN(Cc2coc(-c3ccccc3)n2)CCN1. The van der Waals surface area contributed by atoms with Crippen LogP contribution in [0.4, 0.5) is 0 Å². The fourth-order valence-corrected chi connectivity index (χ4v) is 2.15. The zero-order valence-electron chi connectivity index (χ0n) is 10.5. The minimum Gasteiger partial charge on any atom is -0.444 e. The van der Waals surface area contributed by atoms with Crippen molar-refractivity contribution in [2.75, 3.05) is 19.6 Å². The summed E-state index contributed by atoms with van der Waals surface area (Å²) in [6.07, 6.45) is 1.66. The monoisotopic (exact) mass is 257 g/mol. The van der Waals surface area contributed by atoms with Crippen LogP contribution in [0.3, 0.4) is 0 Å². The maximum Gasteiger partial charge on any atom is 0.234 e. The first-order valence-corrected chi connectivity index (χ1v) is 6.30. The first kappa shape index (κ1) is 11.9. The van der Waals surface area contributed by atoms with Crippen LogP contribution < -0.4 is 5.32 Å². The van der Waals surface area contributed by atoms with E-state index in [0.717, 1.165) is 17.8 Å². The summed E-state index contributed by atoms with van der Waals surface area (Å²) in [5.41, 5.74) is 1.82. The molecule has 2 heterocycles. The van der Waals surface area contributed by atoms with Gasteiger partial charge in [0.25, 0.3) is 0 Å². The molecule has 3 rings (SSSR count). The summed E-state index contributed by atoms with van der Waals surface area (Å²) >= 11 is 0. The number of hydrogen-bond donors (Lipinski definition) is 1. The molecule has 0 saturated carbocycles. The second-order valence-electron chi connectivity index (χ2n) is 4.57. The quantitative estimate of drug-likeness (QED) is 0.899. The van der Waals surface area contributed by atoms with Crippen LogP contribution in [0.25, 0.3) is 11.5 Å². The van der Waals surface area contributed by atoms with Crippen molar-refractivity contribution in [3.63, 3.8) is 0 Å². The van der Waals surface area contributed by atoms with E-state index >= 15 is 0 Å². The van der Waals surface area contributed by atoms with E-state index in [1.54, 1.807) is 6.26 Å². The van der Waals surface area contributed by atoms with Gasteiger partial charge < -0.3 is 9.73 Å². The van der Waals surface area contributed by atoms with Crippen molar-refractivity contribution >= 4 is 5.91 Å². The van der Waals surface area contributed by atoms with Gasteiger partial charge in [0, 0.05) is 25.2 Å². The molecule has 19 heavy (non-hydrogen) atoms. The third-order valence-corrected chi connectivity index (χ3v) is 3.08. The van der Waals surface area contributed by atoms with Gasteiger partial charge in [0.2, 0.25) is 11.8 Å². The van der Waals surface area contributed by atoms with Gasteiger partial charge in [0.05, 0.1) is 12.2 Å². The van der Waals surface area contributed by atoms with Gasteiger partial charge in [-0.1, -0.05) is 18.2 Å². The van der Waals surface area contributed by atoms with Crippen molar-refractivity contribution in [1.82, 2.24) is 15.2 Å². The molecule has 1 fully saturated rings. The molecule has 5 heteroatoms. The number of rotatable bonds is 3. The standard InChI is InChI=1S/C14H15N3O2/c18-13-9-17(7-6-15-13)8-12-10-19-14(16-12)11-4-2-1-3-5-11/h1-5,10H,6-9H2,(H,15,18). The molecule has 1 amide bonds. The first-order valence-electron chi connectivity index (χ1n) is 6.30. The van der Waals surface area contributed by atoms with E-state index in [1.165, 1.54) is 0 Å². The first-order chi connectivity index (χ1) is 9.31. The molecule has 0 unspecified atom stereocenters. The molecule has 1 aliphatic rings. The van der Waals surface area contributed by atoms with Gasteiger partial charge in [-0.2, -0.15) is 0 Å². The highest BCUT2D eigenvalue weighted by molar-refractivity contribution is 5.78. The molecule has 0 spiro atoms. The van der Waals surface area contributed by atoms with Crippen LogP contribution >= 0.6 is 0 Å². The van der Waals surface area contributed by atoms with E-state index in [9.17, 15) is 4.79 Å². The molecule has 0 radical (unpaired) electrons. The molecule has 1 aromatic carbocycles. The molecule has 1 N–H and O–H groups in total. The molecular formula is C14H15N3O2. The molecule has 98 valence electrons. The van der Waals surface area contributed by atoms with Crippen molar-refractivity contribution in [2.24, 2.45) is 0 Å². The molecule has 1 aliphatic heterocycles. The Balaban J connectivity index is 1.70. The molecule has 1 aromatic heterocycles. The molecule has 2 aromatic rings. The number of oxazole rings is 1. The number of hydrogen-bond acceptors (Lipinski definition) is 4. The van der Waals surface area contributed by atoms with Gasteiger partial charge in [-0.3, -0.25) is 9.69 Å². The van der Waals surface area contributed by atoms with Crippen LogP contribution in [0, 0.1) is 0 Å². The number of carbonyl (C=O) groups is 1. The molecule has 1 saturated heterocycles. The van der Waals surface area contributed by atoms with Gasteiger partial charge in [-0.05, 0) is 12.1 Å². The second-order valence-corrected chi connectivity index (χ2v) is 4.57. The van der Waals surface area contributed by atoms with Crippen molar-refractivity contribution in [3.05, 3.63) is 42.3 Å². The van der Waals surface area contributed by atoms with E-state index in [4.69, 9.17) is 4.42 Å². The average molecular weight is 257 g/mol. The van der Waals surface area contributed by atoms with E-state index in [2.05, 4.69) is 15.2 Å². The van der Waals surface area contributed by atoms with Crippen LogP contribution in [0.2, 0.25) is 0 Å². The summed E-state index contributed by atoms with van der Waals surface area (Å²) in [6.45, 7) is 2.61. The van der Waals surface area contributed by atoms with Gasteiger partial charge >= 0.3 is 0 Å². The van der Waals surface area contributed by atoms with Crippen LogP contribution in [0.5, 0.6) is 0 Å². The van der Waals surface area contributed by atoms with E-state index in [1.807, 2.05) is 30.3 Å². The number of nitrogens with zero attached hydrogens (tertiary/aromatic N) is 2. The lowest BCUT2D eigenvalue weighted by Crippen LogP contribution is -2.47. The summed E-state index contributed by atoms with van der Waals surface area (Å²) < 4.78 is 5.48. The van der Waals surface area contributed by atoms with Gasteiger partial charge in [-0.25, -0.2) is 4.98 Å². The minimum atomic E-state index is 0.0676. The average Bonchev–Trinajstić information content (AvgIpc) is 2.88. The number of amides is 1. The largest absolute Gasteiger partial charge is 0.444 e. The highest BCUT2D eigenvalue weighted by Crippen LogP contribution is 2.18. The highest BCUT2D eigenvalue weighted by Gasteiger charge is 2.17. The fourth-order valence-electron chi connectivity index (χ4n) is 2.15. The van der Waals surface area contributed by atoms with Crippen molar-refractivity contribution in [3.8, 4) is 11.5 Å². The summed E-state index contributed by atoms with van der Waals surface area (Å²) in [4.78, 5) is 17.8. The zero-order chi connectivity index (χ0) is 13.1. The predicted molar refractivity (Wildman–Crippen MR) is 70.2 cm³/mol. The van der Waals surface area contributed by atoms with Crippen molar-refractivity contribution in [1.29, 1.82) is 0 Å². The molecule has 0 bridgehead atoms. The Labute approximate surface area is 111 Å². The topological polar surface area (TPSA) is 58.4 Å². The molecule has 5 nitrogen and oxygen atoms in total. The predicted octanol–water partition coefficient (Wildman–Crippen LogP) is 1.27. The second kappa shape index (κ2) is 5.24. The van der Waals surface area contributed by atoms with Crippen LogP contribution in [0.15, 0.2) is 41.0 Å². The van der Waals surface area contributed by atoms with Crippen molar-refractivity contribution < 1.29 is 9.21 Å². The Kier molecular flexibility index (Phi) is 3.29. The van der Waals surface area contributed by atoms with E-state index in [0.29, 0.717) is 25.5 Å². The van der Waals surface area contributed by atoms with E-state index in [-0.39, 0.29) is 5.91 Å². The smallest absolute Gasteiger partial charge is 0.234 e. The number of benzene rings is 1. The Morgan fingerprint density at radius 2 is 2.16 bits per heavy atom. The lowest BCUT2D eigenvalue weighted by Gasteiger charge is -2.25. The Morgan fingerprint density at radius 1 is 1.32 bits per heavy atom. The summed E-state index contributed by atoms with van der Waals surface area (Å²) in [6, 6.07) is 9.79. The minimum absolute atomic E-state index is 0.0676. The van der Waals surface area contributed by atoms with Crippen LogP contribution in [0.1, 0.15) is 5.69 Å². The Morgan fingerprint density at radius 3 is 2.95 bits per heavy atom.